The van der Waals surface area contributed by atoms with Gasteiger partial charge in [-0.3, -0.25) is 4.79 Å². The topological polar surface area (TPSA) is 65.8 Å². The molecule has 0 aliphatic heterocycles. The lowest BCUT2D eigenvalue weighted by molar-refractivity contribution is 0.102. The number of rotatable bonds is 6. The van der Waals surface area contributed by atoms with Gasteiger partial charge in [0.2, 0.25) is 0 Å². The molecule has 1 fully saturated rings. The first-order valence-electron chi connectivity index (χ1n) is 8.34. The van der Waals surface area contributed by atoms with Gasteiger partial charge in [-0.1, -0.05) is 11.8 Å². The predicted octanol–water partition coefficient (Wildman–Crippen LogP) is 3.80. The van der Waals surface area contributed by atoms with Crippen molar-refractivity contribution >= 4 is 17.5 Å². The van der Waals surface area contributed by atoms with E-state index in [9.17, 15) is 4.79 Å². The molecule has 130 valence electrons. The van der Waals surface area contributed by atoms with Crippen molar-refractivity contribution in [2.75, 3.05) is 5.75 Å². The summed E-state index contributed by atoms with van der Waals surface area (Å²) in [6, 6.07) is 6.26. The van der Waals surface area contributed by atoms with Gasteiger partial charge in [0.1, 0.15) is 0 Å². The van der Waals surface area contributed by atoms with E-state index in [4.69, 9.17) is 4.42 Å². The van der Waals surface area contributed by atoms with Crippen LogP contribution in [0.3, 0.4) is 0 Å². The van der Waals surface area contributed by atoms with Gasteiger partial charge in [0.05, 0.1) is 12.0 Å². The number of nitrogens with zero attached hydrogens (tertiary/aromatic N) is 4. The number of hydrogen-bond donors (Lipinski definition) is 0. The predicted molar refractivity (Wildman–Crippen MR) is 95.9 cm³/mol. The minimum atomic E-state index is 0.132. The quantitative estimate of drug-likeness (QED) is 0.496. The van der Waals surface area contributed by atoms with Crippen molar-refractivity contribution < 1.29 is 9.21 Å². The van der Waals surface area contributed by atoms with Crippen molar-refractivity contribution in [3.8, 4) is 11.6 Å². The molecule has 0 bridgehead atoms. The van der Waals surface area contributed by atoms with Gasteiger partial charge < -0.3 is 13.6 Å². The van der Waals surface area contributed by atoms with E-state index in [0.29, 0.717) is 28.5 Å². The molecule has 0 spiro atoms. The van der Waals surface area contributed by atoms with E-state index >= 15 is 0 Å². The van der Waals surface area contributed by atoms with Gasteiger partial charge in [-0.15, -0.1) is 10.2 Å². The second-order valence-corrected chi connectivity index (χ2v) is 7.38. The highest BCUT2D eigenvalue weighted by molar-refractivity contribution is 7.99. The fourth-order valence-electron chi connectivity index (χ4n) is 3.22. The van der Waals surface area contributed by atoms with Crippen LogP contribution in [-0.2, 0) is 7.05 Å². The summed E-state index contributed by atoms with van der Waals surface area (Å²) >= 11 is 1.40. The van der Waals surface area contributed by atoms with E-state index in [1.54, 1.807) is 6.26 Å². The van der Waals surface area contributed by atoms with E-state index in [1.165, 1.54) is 30.3 Å². The van der Waals surface area contributed by atoms with E-state index < -0.39 is 0 Å². The highest BCUT2D eigenvalue weighted by Crippen LogP contribution is 2.38. The Kier molecular flexibility index (Phi) is 4.03. The van der Waals surface area contributed by atoms with Crippen LogP contribution in [0.25, 0.3) is 11.6 Å². The van der Waals surface area contributed by atoms with Crippen LogP contribution in [0.1, 0.15) is 40.6 Å². The smallest absolute Gasteiger partial charge is 0.200 e. The number of aryl methyl sites for hydroxylation is 1. The number of thioether (sulfide) groups is 1. The van der Waals surface area contributed by atoms with Crippen LogP contribution in [0.4, 0.5) is 0 Å². The molecule has 6 nitrogen and oxygen atoms in total. The molecule has 0 aromatic carbocycles. The number of furan rings is 1. The van der Waals surface area contributed by atoms with Crippen LogP contribution in [-0.4, -0.2) is 30.9 Å². The molecule has 0 unspecified atom stereocenters. The molecule has 3 heterocycles. The zero-order chi connectivity index (χ0) is 17.6. The van der Waals surface area contributed by atoms with Gasteiger partial charge in [0, 0.05) is 30.0 Å². The summed E-state index contributed by atoms with van der Waals surface area (Å²) in [7, 11) is 1.88. The molecular weight excluding hydrogens is 336 g/mol. The van der Waals surface area contributed by atoms with E-state index in [1.807, 2.05) is 36.7 Å². The fourth-order valence-corrected chi connectivity index (χ4v) is 4.02. The Bertz CT molecular complexity index is 919. The van der Waals surface area contributed by atoms with Gasteiger partial charge in [-0.2, -0.15) is 0 Å². The Hall–Kier alpha value is -2.28. The minimum absolute atomic E-state index is 0.132. The number of carbonyl (C=O) groups excluding carboxylic acids is 1. The van der Waals surface area contributed by atoms with Crippen molar-refractivity contribution in [1.82, 2.24) is 19.3 Å². The molecule has 0 N–H and O–H groups in total. The third-order valence-electron chi connectivity index (χ3n) is 4.61. The van der Waals surface area contributed by atoms with Crippen molar-refractivity contribution in [2.45, 2.75) is 37.9 Å². The summed E-state index contributed by atoms with van der Waals surface area (Å²) < 4.78 is 9.52. The maximum atomic E-state index is 12.7. The van der Waals surface area contributed by atoms with Gasteiger partial charge in [-0.05, 0) is 44.9 Å². The molecule has 25 heavy (non-hydrogen) atoms. The zero-order valence-corrected chi connectivity index (χ0v) is 15.3. The van der Waals surface area contributed by atoms with Gasteiger partial charge >= 0.3 is 0 Å². The summed E-state index contributed by atoms with van der Waals surface area (Å²) in [6.07, 6.45) is 4.04. The average molecular weight is 356 g/mol. The van der Waals surface area contributed by atoms with E-state index in [0.717, 1.165) is 11.3 Å². The Morgan fingerprint density at radius 1 is 1.36 bits per heavy atom. The van der Waals surface area contributed by atoms with Crippen LogP contribution in [0, 0.1) is 13.8 Å². The van der Waals surface area contributed by atoms with Crippen LogP contribution in [0.2, 0.25) is 0 Å². The van der Waals surface area contributed by atoms with Crippen molar-refractivity contribution in [3.63, 3.8) is 0 Å². The molecule has 3 aromatic rings. The molecule has 0 radical (unpaired) electrons. The molecule has 0 atom stereocenters. The fraction of sp³-hybridized carbons (Fsp3) is 0.389. The number of hydrogen-bond acceptors (Lipinski definition) is 5. The largest absolute Gasteiger partial charge is 0.461 e. The molecule has 7 heteroatoms. The molecule has 4 rings (SSSR count). The molecule has 0 amide bonds. The summed E-state index contributed by atoms with van der Waals surface area (Å²) in [5.74, 6) is 1.81. The Morgan fingerprint density at radius 2 is 2.16 bits per heavy atom. The lowest BCUT2D eigenvalue weighted by Crippen LogP contribution is -2.06. The van der Waals surface area contributed by atoms with Crippen molar-refractivity contribution in [1.29, 1.82) is 0 Å². The lowest BCUT2D eigenvalue weighted by atomic mass is 10.2. The minimum Gasteiger partial charge on any atom is -0.461 e. The number of aromatic nitrogens is 4. The van der Waals surface area contributed by atoms with Gasteiger partial charge in [0.15, 0.2) is 22.5 Å². The standard InChI is InChI=1S/C18H20N4O2S/c1-11-9-14(12(2)22(11)13-6-7-13)15(23)10-25-18-20-19-17(21(18)3)16-5-4-8-24-16/h4-5,8-9,13H,6-7,10H2,1-3H3. The molecular formula is C18H20N4O2S. The second kappa shape index (κ2) is 6.22. The Balaban J connectivity index is 1.49. The third-order valence-corrected chi connectivity index (χ3v) is 5.63. The van der Waals surface area contributed by atoms with Crippen molar-refractivity contribution in [2.24, 2.45) is 7.05 Å². The Labute approximate surface area is 150 Å². The number of carbonyl (C=O) groups is 1. The monoisotopic (exact) mass is 356 g/mol. The van der Waals surface area contributed by atoms with Crippen LogP contribution >= 0.6 is 11.8 Å². The SMILES string of the molecule is Cc1cc(C(=O)CSc2nnc(-c3ccco3)n2C)c(C)n1C1CC1. The van der Waals surface area contributed by atoms with Crippen molar-refractivity contribution in [3.05, 3.63) is 41.4 Å². The summed E-state index contributed by atoms with van der Waals surface area (Å²) in [5.41, 5.74) is 3.08. The molecule has 1 aliphatic rings. The number of Topliss-reactive ketones (excluding diaryl/α,β-unsaturated/α-hetero) is 1. The molecule has 1 saturated carbocycles. The first-order valence-corrected chi connectivity index (χ1v) is 9.32. The number of ketones is 1. The van der Waals surface area contributed by atoms with Crippen LogP contribution in [0.5, 0.6) is 0 Å². The lowest BCUT2D eigenvalue weighted by Gasteiger charge is -2.07. The molecule has 3 aromatic heterocycles. The van der Waals surface area contributed by atoms with Crippen LogP contribution < -0.4 is 0 Å². The first kappa shape index (κ1) is 16.2. The van der Waals surface area contributed by atoms with Crippen LogP contribution in [0.15, 0.2) is 34.0 Å². The third kappa shape index (κ3) is 2.93. The Morgan fingerprint density at radius 3 is 2.84 bits per heavy atom. The zero-order valence-electron chi connectivity index (χ0n) is 14.5. The van der Waals surface area contributed by atoms with E-state index in [2.05, 4.69) is 21.7 Å². The molecule has 1 aliphatic carbocycles. The normalized spacial score (nSPS) is 14.2. The maximum Gasteiger partial charge on any atom is 0.200 e. The maximum absolute atomic E-state index is 12.7. The summed E-state index contributed by atoms with van der Waals surface area (Å²) in [4.78, 5) is 12.7. The first-order chi connectivity index (χ1) is 12.1. The highest BCUT2D eigenvalue weighted by Gasteiger charge is 2.28. The highest BCUT2D eigenvalue weighted by atomic mass is 32.2. The van der Waals surface area contributed by atoms with E-state index in [-0.39, 0.29) is 5.78 Å². The van der Waals surface area contributed by atoms with Gasteiger partial charge in [-0.25, -0.2) is 0 Å². The summed E-state index contributed by atoms with van der Waals surface area (Å²) in [5, 5.41) is 9.04. The average Bonchev–Trinajstić information content (AvgIpc) is 3.01. The second-order valence-electron chi connectivity index (χ2n) is 6.44. The summed E-state index contributed by atoms with van der Waals surface area (Å²) in [6.45, 7) is 4.12. The molecule has 0 saturated heterocycles. The van der Waals surface area contributed by atoms with Gasteiger partial charge in [0.25, 0.3) is 0 Å².